The van der Waals surface area contributed by atoms with E-state index < -0.39 is 6.17 Å². The van der Waals surface area contributed by atoms with Crippen molar-refractivity contribution in [1.82, 2.24) is 4.90 Å². The smallest absolute Gasteiger partial charge is 0.115 e. The first-order valence-corrected chi connectivity index (χ1v) is 4.25. The zero-order chi connectivity index (χ0) is 8.27. The Bertz CT molecular complexity index is 144. The van der Waals surface area contributed by atoms with Gasteiger partial charge in [0.25, 0.3) is 0 Å². The van der Waals surface area contributed by atoms with Gasteiger partial charge in [0.15, 0.2) is 0 Å². The summed E-state index contributed by atoms with van der Waals surface area (Å²) in [4.78, 5) is 2.07. The zero-order valence-electron chi connectivity index (χ0n) is 7.26. The van der Waals surface area contributed by atoms with Gasteiger partial charge in [-0.2, -0.15) is 0 Å². The van der Waals surface area contributed by atoms with Crippen molar-refractivity contribution in [1.29, 1.82) is 0 Å². The molecule has 1 saturated heterocycles. The molecule has 0 N–H and O–H groups in total. The van der Waals surface area contributed by atoms with E-state index in [1.807, 2.05) is 7.05 Å². The normalized spacial score (nSPS) is 33.7. The lowest BCUT2D eigenvalue weighted by Gasteiger charge is -2.13. The Morgan fingerprint density at radius 3 is 2.82 bits per heavy atom. The minimum Gasteiger partial charge on any atom is -0.297 e. The number of nitrogens with zero attached hydrogens (tertiary/aromatic N) is 1. The summed E-state index contributed by atoms with van der Waals surface area (Å²) < 4.78 is 12.8. The van der Waals surface area contributed by atoms with Crippen LogP contribution in [0, 0.1) is 0 Å². The number of hydrogen-bond acceptors (Lipinski definition) is 1. The van der Waals surface area contributed by atoms with Crippen LogP contribution in [0.25, 0.3) is 0 Å². The van der Waals surface area contributed by atoms with E-state index in [4.69, 9.17) is 0 Å². The molecule has 0 spiro atoms. The fourth-order valence-corrected chi connectivity index (χ4v) is 1.48. The molecule has 1 nitrogen and oxygen atoms in total. The van der Waals surface area contributed by atoms with E-state index in [0.29, 0.717) is 19.0 Å². The van der Waals surface area contributed by atoms with Gasteiger partial charge in [-0.3, -0.25) is 4.90 Å². The molecule has 2 heteroatoms. The first kappa shape index (κ1) is 8.72. The predicted molar refractivity (Wildman–Crippen MR) is 45.4 cm³/mol. The van der Waals surface area contributed by atoms with Gasteiger partial charge in [0.05, 0.1) is 0 Å². The zero-order valence-corrected chi connectivity index (χ0v) is 7.26. The first-order chi connectivity index (χ1) is 5.24. The van der Waals surface area contributed by atoms with Gasteiger partial charge in [0.2, 0.25) is 0 Å². The molecule has 0 aromatic rings. The fourth-order valence-electron chi connectivity index (χ4n) is 1.48. The highest BCUT2D eigenvalue weighted by molar-refractivity contribution is 4.98. The molecule has 0 amide bonds. The van der Waals surface area contributed by atoms with Crippen molar-refractivity contribution in [3.63, 3.8) is 0 Å². The standard InChI is InChI=1S/C9H16FN/c1-3-4-5-9-6-8(10)7-11(9)2/h4-5,8-9H,3,6-7H2,1-2H3/b5-4+. The van der Waals surface area contributed by atoms with Gasteiger partial charge < -0.3 is 0 Å². The molecule has 64 valence electrons. The monoisotopic (exact) mass is 157 g/mol. The highest BCUT2D eigenvalue weighted by Gasteiger charge is 2.26. The van der Waals surface area contributed by atoms with Gasteiger partial charge in [-0.25, -0.2) is 4.39 Å². The third-order valence-electron chi connectivity index (χ3n) is 2.14. The van der Waals surface area contributed by atoms with Crippen LogP contribution in [0.3, 0.4) is 0 Å². The number of likely N-dealkylation sites (tertiary alicyclic amines) is 1. The molecule has 0 aliphatic carbocycles. The second kappa shape index (κ2) is 3.86. The average molecular weight is 157 g/mol. The third-order valence-corrected chi connectivity index (χ3v) is 2.14. The Morgan fingerprint density at radius 2 is 2.36 bits per heavy atom. The fraction of sp³-hybridized carbons (Fsp3) is 0.778. The molecule has 11 heavy (non-hydrogen) atoms. The lowest BCUT2D eigenvalue weighted by Crippen LogP contribution is -2.22. The van der Waals surface area contributed by atoms with Crippen LogP contribution in [0.1, 0.15) is 19.8 Å². The number of allylic oxidation sites excluding steroid dienone is 1. The second-order valence-corrected chi connectivity index (χ2v) is 3.18. The molecule has 1 aliphatic rings. The molecule has 0 radical (unpaired) electrons. The van der Waals surface area contributed by atoms with Crippen LogP contribution in [0.4, 0.5) is 4.39 Å². The maximum absolute atomic E-state index is 12.8. The topological polar surface area (TPSA) is 3.24 Å². The number of likely N-dealkylation sites (N-methyl/N-ethyl adjacent to an activating group) is 1. The van der Waals surface area contributed by atoms with Crippen LogP contribution in [-0.4, -0.2) is 30.7 Å². The molecule has 0 bridgehead atoms. The van der Waals surface area contributed by atoms with Crippen molar-refractivity contribution in [3.05, 3.63) is 12.2 Å². The summed E-state index contributed by atoms with van der Waals surface area (Å²) in [5.74, 6) is 0. The Morgan fingerprint density at radius 1 is 1.64 bits per heavy atom. The van der Waals surface area contributed by atoms with Gasteiger partial charge in [-0.05, 0) is 19.9 Å². The van der Waals surface area contributed by atoms with E-state index in [1.54, 1.807) is 0 Å². The quantitative estimate of drug-likeness (QED) is 0.554. The van der Waals surface area contributed by atoms with Crippen LogP contribution in [0.15, 0.2) is 12.2 Å². The number of halogens is 1. The molecule has 1 fully saturated rings. The summed E-state index contributed by atoms with van der Waals surface area (Å²) in [7, 11) is 1.98. The summed E-state index contributed by atoms with van der Waals surface area (Å²) >= 11 is 0. The molecule has 2 atom stereocenters. The maximum Gasteiger partial charge on any atom is 0.115 e. The summed E-state index contributed by atoms with van der Waals surface area (Å²) in [6.07, 6.45) is 5.32. The second-order valence-electron chi connectivity index (χ2n) is 3.18. The molecule has 1 heterocycles. The van der Waals surface area contributed by atoms with Crippen LogP contribution < -0.4 is 0 Å². The van der Waals surface area contributed by atoms with E-state index in [9.17, 15) is 4.39 Å². The Balaban J connectivity index is 2.40. The molecule has 1 rings (SSSR count). The lowest BCUT2D eigenvalue weighted by molar-refractivity contribution is 0.311. The summed E-state index contributed by atoms with van der Waals surface area (Å²) in [5, 5.41) is 0. The molecule has 0 aromatic carbocycles. The van der Waals surface area contributed by atoms with Crippen molar-refractivity contribution in [3.8, 4) is 0 Å². The highest BCUT2D eigenvalue weighted by Crippen LogP contribution is 2.19. The molecule has 0 aromatic heterocycles. The molecule has 0 saturated carbocycles. The van der Waals surface area contributed by atoms with Crippen molar-refractivity contribution in [2.24, 2.45) is 0 Å². The van der Waals surface area contributed by atoms with Crippen LogP contribution in [0.2, 0.25) is 0 Å². The Kier molecular flexibility index (Phi) is 3.06. The Hall–Kier alpha value is -0.370. The van der Waals surface area contributed by atoms with Gasteiger partial charge in [0.1, 0.15) is 6.17 Å². The summed E-state index contributed by atoms with van der Waals surface area (Å²) in [6, 6.07) is 0.338. The van der Waals surface area contributed by atoms with Crippen LogP contribution >= 0.6 is 0 Å². The van der Waals surface area contributed by atoms with Crippen molar-refractivity contribution >= 4 is 0 Å². The molecule has 2 unspecified atom stereocenters. The molecular formula is C9H16FN. The van der Waals surface area contributed by atoms with Gasteiger partial charge in [-0.15, -0.1) is 0 Å². The number of alkyl halides is 1. The summed E-state index contributed by atoms with van der Waals surface area (Å²) in [6.45, 7) is 2.69. The van der Waals surface area contributed by atoms with Crippen molar-refractivity contribution < 1.29 is 4.39 Å². The highest BCUT2D eigenvalue weighted by atomic mass is 19.1. The first-order valence-electron chi connectivity index (χ1n) is 4.25. The summed E-state index contributed by atoms with van der Waals surface area (Å²) in [5.41, 5.74) is 0. The van der Waals surface area contributed by atoms with E-state index in [-0.39, 0.29) is 0 Å². The van der Waals surface area contributed by atoms with Crippen molar-refractivity contribution in [2.75, 3.05) is 13.6 Å². The predicted octanol–water partition coefficient (Wildman–Crippen LogP) is 1.99. The van der Waals surface area contributed by atoms with Crippen molar-refractivity contribution in [2.45, 2.75) is 32.0 Å². The van der Waals surface area contributed by atoms with E-state index >= 15 is 0 Å². The number of hydrogen-bond donors (Lipinski definition) is 0. The lowest BCUT2D eigenvalue weighted by atomic mass is 10.2. The number of rotatable bonds is 2. The van der Waals surface area contributed by atoms with E-state index in [0.717, 1.165) is 6.42 Å². The SMILES string of the molecule is CC/C=C/C1CC(F)CN1C. The molecule has 1 aliphatic heterocycles. The third kappa shape index (κ3) is 2.29. The van der Waals surface area contributed by atoms with E-state index in [1.165, 1.54) is 0 Å². The largest absolute Gasteiger partial charge is 0.297 e. The average Bonchev–Trinajstić information content (AvgIpc) is 2.26. The minimum atomic E-state index is -0.619. The van der Waals surface area contributed by atoms with E-state index in [2.05, 4.69) is 24.0 Å². The van der Waals surface area contributed by atoms with Crippen LogP contribution in [0.5, 0.6) is 0 Å². The van der Waals surface area contributed by atoms with Crippen LogP contribution in [-0.2, 0) is 0 Å². The Labute approximate surface area is 67.9 Å². The molecular weight excluding hydrogens is 141 g/mol. The minimum absolute atomic E-state index is 0.338. The van der Waals surface area contributed by atoms with Gasteiger partial charge >= 0.3 is 0 Å². The van der Waals surface area contributed by atoms with Gasteiger partial charge in [0, 0.05) is 12.6 Å². The van der Waals surface area contributed by atoms with Gasteiger partial charge in [-0.1, -0.05) is 19.1 Å². The maximum atomic E-state index is 12.8.